The van der Waals surface area contributed by atoms with Gasteiger partial charge < -0.3 is 18.9 Å². The van der Waals surface area contributed by atoms with E-state index in [1.165, 1.54) is 6.08 Å². The minimum Gasteiger partial charge on any atom is -0.462 e. The minimum atomic E-state index is -0.716. The second-order valence-electron chi connectivity index (χ2n) is 5.08. The molecule has 0 bridgehead atoms. The third-order valence-electron chi connectivity index (χ3n) is 3.19. The van der Waals surface area contributed by atoms with Crippen molar-refractivity contribution in [3.63, 3.8) is 0 Å². The van der Waals surface area contributed by atoms with E-state index in [-0.39, 0.29) is 25.4 Å². The Labute approximate surface area is 159 Å². The van der Waals surface area contributed by atoms with Gasteiger partial charge in [0, 0.05) is 18.2 Å². The Bertz CT molecular complexity index is 608. The van der Waals surface area contributed by atoms with E-state index in [1.807, 2.05) is 13.8 Å². The summed E-state index contributed by atoms with van der Waals surface area (Å²) in [6, 6.07) is 6.90. The lowest BCUT2D eigenvalue weighted by Gasteiger charge is -2.16. The van der Waals surface area contributed by atoms with E-state index in [2.05, 4.69) is 0 Å². The van der Waals surface area contributed by atoms with Crippen molar-refractivity contribution in [1.82, 2.24) is 0 Å². The zero-order chi connectivity index (χ0) is 19.4. The predicted octanol–water partition coefficient (Wildman–Crippen LogP) is 3.27. The Morgan fingerprint density at radius 1 is 1.08 bits per heavy atom. The first-order chi connectivity index (χ1) is 12.5. The van der Waals surface area contributed by atoms with E-state index in [0.717, 1.165) is 0 Å². The molecule has 7 heteroatoms. The number of hydrogen-bond donors (Lipinski definition) is 0. The van der Waals surface area contributed by atoms with Crippen LogP contribution in [0.2, 0.25) is 5.02 Å². The highest BCUT2D eigenvalue weighted by atomic mass is 35.5. The van der Waals surface area contributed by atoms with Crippen LogP contribution in [0.5, 0.6) is 0 Å². The van der Waals surface area contributed by atoms with E-state index in [0.29, 0.717) is 23.8 Å². The van der Waals surface area contributed by atoms with Gasteiger partial charge in [-0.05, 0) is 38.5 Å². The summed E-state index contributed by atoms with van der Waals surface area (Å²) < 4.78 is 21.0. The second kappa shape index (κ2) is 12.6. The molecule has 0 aliphatic rings. The summed E-state index contributed by atoms with van der Waals surface area (Å²) in [4.78, 5) is 24.6. The fourth-order valence-corrected chi connectivity index (χ4v) is 2.24. The number of carbonyl (C=O) groups is 2. The smallest absolute Gasteiger partial charge is 0.341 e. The number of benzene rings is 1. The van der Waals surface area contributed by atoms with E-state index in [4.69, 9.17) is 30.5 Å². The molecule has 0 saturated carbocycles. The first kappa shape index (κ1) is 22.3. The first-order valence-corrected chi connectivity index (χ1v) is 8.88. The van der Waals surface area contributed by atoms with Crippen LogP contribution in [0.1, 0.15) is 26.3 Å². The van der Waals surface area contributed by atoms with Crippen LogP contribution >= 0.6 is 11.6 Å². The molecular formula is C19H25ClO6. The molecule has 0 spiro atoms. The molecule has 0 N–H and O–H groups in total. The highest BCUT2D eigenvalue weighted by Crippen LogP contribution is 2.19. The molecule has 0 aliphatic heterocycles. The van der Waals surface area contributed by atoms with Crippen molar-refractivity contribution in [2.45, 2.75) is 27.1 Å². The zero-order valence-corrected chi connectivity index (χ0v) is 16.1. The SMILES string of the molecule is CCOC(=O)/C(=C/c1ccccc1Cl)C(=O)COCC(OCC)OCC. The van der Waals surface area contributed by atoms with Crippen molar-refractivity contribution in [3.05, 3.63) is 40.4 Å². The van der Waals surface area contributed by atoms with E-state index in [1.54, 1.807) is 31.2 Å². The van der Waals surface area contributed by atoms with Crippen molar-refractivity contribution in [3.8, 4) is 0 Å². The first-order valence-electron chi connectivity index (χ1n) is 8.50. The lowest BCUT2D eigenvalue weighted by atomic mass is 10.1. The Hall–Kier alpha value is -1.73. The van der Waals surface area contributed by atoms with Crippen LogP contribution in [0.25, 0.3) is 6.08 Å². The molecule has 144 valence electrons. The van der Waals surface area contributed by atoms with Crippen molar-refractivity contribution in [2.75, 3.05) is 33.0 Å². The van der Waals surface area contributed by atoms with Crippen LogP contribution in [0, 0.1) is 0 Å². The van der Waals surface area contributed by atoms with Crippen LogP contribution in [-0.2, 0) is 28.5 Å². The third kappa shape index (κ3) is 7.66. The number of hydrogen-bond acceptors (Lipinski definition) is 6. The molecule has 1 aromatic rings. The topological polar surface area (TPSA) is 71.1 Å². The van der Waals surface area contributed by atoms with Gasteiger partial charge in [-0.15, -0.1) is 0 Å². The molecule has 1 aromatic carbocycles. The van der Waals surface area contributed by atoms with E-state index >= 15 is 0 Å². The molecule has 0 unspecified atom stereocenters. The highest BCUT2D eigenvalue weighted by Gasteiger charge is 2.21. The number of esters is 1. The number of carbonyl (C=O) groups excluding carboxylic acids is 2. The van der Waals surface area contributed by atoms with Gasteiger partial charge in [0.2, 0.25) is 0 Å². The number of ether oxygens (including phenoxy) is 4. The van der Waals surface area contributed by atoms with Gasteiger partial charge in [-0.1, -0.05) is 29.8 Å². The highest BCUT2D eigenvalue weighted by molar-refractivity contribution is 6.32. The molecule has 0 saturated heterocycles. The average molecular weight is 385 g/mol. The molecule has 0 radical (unpaired) electrons. The normalized spacial score (nSPS) is 11.7. The lowest BCUT2D eigenvalue weighted by molar-refractivity contribution is -0.168. The summed E-state index contributed by atoms with van der Waals surface area (Å²) in [5, 5.41) is 0.427. The largest absolute Gasteiger partial charge is 0.462 e. The molecule has 0 heterocycles. The number of halogens is 1. The van der Waals surface area contributed by atoms with Gasteiger partial charge in [0.1, 0.15) is 12.2 Å². The molecule has 26 heavy (non-hydrogen) atoms. The van der Waals surface area contributed by atoms with Gasteiger partial charge in [0.25, 0.3) is 0 Å². The minimum absolute atomic E-state index is 0.0790. The van der Waals surface area contributed by atoms with Crippen molar-refractivity contribution >= 4 is 29.4 Å². The van der Waals surface area contributed by atoms with E-state index < -0.39 is 18.0 Å². The Morgan fingerprint density at radius 3 is 2.31 bits per heavy atom. The van der Waals surface area contributed by atoms with Crippen LogP contribution in [0.4, 0.5) is 0 Å². The van der Waals surface area contributed by atoms with Crippen LogP contribution in [-0.4, -0.2) is 51.1 Å². The van der Waals surface area contributed by atoms with Crippen molar-refractivity contribution in [2.24, 2.45) is 0 Å². The quantitative estimate of drug-likeness (QED) is 0.181. The Morgan fingerprint density at radius 2 is 1.73 bits per heavy atom. The van der Waals surface area contributed by atoms with Crippen LogP contribution in [0.3, 0.4) is 0 Å². The number of rotatable bonds is 12. The van der Waals surface area contributed by atoms with Gasteiger partial charge in [-0.2, -0.15) is 0 Å². The maximum absolute atomic E-state index is 12.5. The monoisotopic (exact) mass is 384 g/mol. The van der Waals surface area contributed by atoms with Gasteiger partial charge in [-0.25, -0.2) is 4.79 Å². The fourth-order valence-electron chi connectivity index (χ4n) is 2.05. The predicted molar refractivity (Wildman–Crippen MR) is 98.9 cm³/mol. The summed E-state index contributed by atoms with van der Waals surface area (Å²) in [5.74, 6) is -1.22. The van der Waals surface area contributed by atoms with Crippen LogP contribution in [0.15, 0.2) is 29.8 Å². The molecule has 0 atom stereocenters. The summed E-state index contributed by atoms with van der Waals surface area (Å²) in [5.41, 5.74) is 0.427. The fraction of sp³-hybridized carbons (Fsp3) is 0.474. The van der Waals surface area contributed by atoms with Gasteiger partial charge in [-0.3, -0.25) is 4.79 Å². The summed E-state index contributed by atoms with van der Waals surface area (Å²) in [7, 11) is 0. The van der Waals surface area contributed by atoms with Crippen molar-refractivity contribution < 1.29 is 28.5 Å². The zero-order valence-electron chi connectivity index (χ0n) is 15.3. The lowest BCUT2D eigenvalue weighted by Crippen LogP contribution is -2.26. The Balaban J connectivity index is 2.82. The summed E-state index contributed by atoms with van der Waals surface area (Å²) in [6.07, 6.45) is 0.852. The van der Waals surface area contributed by atoms with Gasteiger partial charge in [0.05, 0.1) is 13.2 Å². The second-order valence-corrected chi connectivity index (χ2v) is 5.49. The summed E-state index contributed by atoms with van der Waals surface area (Å²) >= 11 is 6.10. The standard InChI is InChI=1S/C19H25ClO6/c1-4-24-18(25-5-2)13-23-12-17(21)15(19(22)26-6-3)11-14-9-7-8-10-16(14)20/h7-11,18H,4-6,12-13H2,1-3H3/b15-11+. The third-order valence-corrected chi connectivity index (χ3v) is 3.54. The maximum Gasteiger partial charge on any atom is 0.341 e. The molecular weight excluding hydrogens is 360 g/mol. The molecule has 1 rings (SSSR count). The molecule has 0 aromatic heterocycles. The van der Waals surface area contributed by atoms with E-state index in [9.17, 15) is 9.59 Å². The average Bonchev–Trinajstić information content (AvgIpc) is 2.61. The number of ketones is 1. The molecule has 6 nitrogen and oxygen atoms in total. The summed E-state index contributed by atoms with van der Waals surface area (Å²) in [6.45, 7) is 6.20. The van der Waals surface area contributed by atoms with Gasteiger partial charge in [0.15, 0.2) is 12.1 Å². The van der Waals surface area contributed by atoms with Crippen molar-refractivity contribution in [1.29, 1.82) is 0 Å². The molecule has 0 aliphatic carbocycles. The van der Waals surface area contributed by atoms with Crippen LogP contribution < -0.4 is 0 Å². The Kier molecular flexibility index (Phi) is 10.8. The molecule has 0 fully saturated rings. The molecule has 0 amide bonds. The number of Topliss-reactive ketones (excluding diaryl/α,β-unsaturated/α-hetero) is 1. The van der Waals surface area contributed by atoms with Gasteiger partial charge >= 0.3 is 5.97 Å². The maximum atomic E-state index is 12.5.